The first-order valence-electron chi connectivity index (χ1n) is 6.52. The topological polar surface area (TPSA) is 80.9 Å². The molecule has 6 heteroatoms. The van der Waals surface area contributed by atoms with Crippen LogP contribution in [-0.2, 0) is 21.7 Å². The van der Waals surface area contributed by atoms with E-state index in [1.54, 1.807) is 41.5 Å². The first kappa shape index (κ1) is 32.3. The molecule has 0 aliphatic carbocycles. The summed E-state index contributed by atoms with van der Waals surface area (Å²) in [5.74, 6) is 0. The molecule has 0 rings (SSSR count). The fraction of sp³-hybridized carbons (Fsp3) is 1.00. The van der Waals surface area contributed by atoms with Crippen LogP contribution < -0.4 is 0 Å². The molecule has 4 nitrogen and oxygen atoms in total. The van der Waals surface area contributed by atoms with E-state index in [2.05, 4.69) is 6.92 Å². The molecular weight excluding hydrogens is 387 g/mol. The number of aliphatic hydroxyl groups excluding tert-OH is 3. The summed E-state index contributed by atoms with van der Waals surface area (Å²) < 4.78 is 9.51. The van der Waals surface area contributed by atoms with Crippen molar-refractivity contribution in [3.63, 3.8) is 0 Å². The van der Waals surface area contributed by atoms with E-state index in [-0.39, 0.29) is 40.0 Å². The number of hydrogen-bond acceptors (Lipinski definition) is 4. The summed E-state index contributed by atoms with van der Waals surface area (Å²) in [6.45, 7) is 12.5. The van der Waals surface area contributed by atoms with E-state index in [1.807, 2.05) is 0 Å². The van der Waals surface area contributed by atoms with Crippen LogP contribution in [-0.4, -0.2) is 58.6 Å². The zero-order valence-corrected chi connectivity index (χ0v) is 18.1. The summed E-state index contributed by atoms with van der Waals surface area (Å²) >= 11 is -0.810. The van der Waals surface area contributed by atoms with Gasteiger partial charge in [-0.3, -0.25) is 0 Å². The van der Waals surface area contributed by atoms with Crippen molar-refractivity contribution in [2.45, 2.75) is 84.1 Å². The Bertz CT molecular complexity index is 88.3. The SMILES string of the molecule is CC(C)O.CC(C)O.CC(C)O.CCC[CH2][Sn][OH].[Ti]. The van der Waals surface area contributed by atoms with E-state index in [1.165, 1.54) is 12.8 Å². The summed E-state index contributed by atoms with van der Waals surface area (Å²) in [5, 5.41) is 24.2. The van der Waals surface area contributed by atoms with Gasteiger partial charge in [-0.2, -0.15) is 0 Å². The van der Waals surface area contributed by atoms with Gasteiger partial charge >= 0.3 is 49.2 Å². The number of unbranched alkanes of at least 4 members (excludes halogenated alkanes) is 1. The Kier molecular flexibility index (Phi) is 53.9. The molecule has 0 amide bonds. The average Bonchev–Trinajstić information content (AvgIpc) is 2.11. The minimum Gasteiger partial charge on any atom is 0 e. The standard InChI is InChI=1S/C4H9.3C3H8O.H2O.Sn.Ti/c1-3-4-2;3*1-3(2)4;;;/h1,3-4H2,2H3;3*3-4H,1-2H3;1H2;;/q;;;;;+1;/p-1. The van der Waals surface area contributed by atoms with Crippen molar-refractivity contribution in [2.24, 2.45) is 0 Å². The van der Waals surface area contributed by atoms with Crippen LogP contribution in [0.4, 0.5) is 0 Å². The van der Waals surface area contributed by atoms with Crippen molar-refractivity contribution in [3.05, 3.63) is 0 Å². The molecule has 0 bridgehead atoms. The fourth-order valence-electron chi connectivity index (χ4n) is 0.256. The third kappa shape index (κ3) is 308. The largest absolute Gasteiger partial charge is 0 e. The van der Waals surface area contributed by atoms with Gasteiger partial charge in [0.15, 0.2) is 0 Å². The van der Waals surface area contributed by atoms with Crippen molar-refractivity contribution in [1.29, 1.82) is 0 Å². The van der Waals surface area contributed by atoms with Crippen LogP contribution in [0.1, 0.15) is 61.3 Å². The second-order valence-corrected chi connectivity index (χ2v) is 6.87. The molecule has 2 radical (unpaired) electrons. The molecule has 0 unspecified atom stereocenters. The van der Waals surface area contributed by atoms with Crippen molar-refractivity contribution < 1.29 is 40.5 Å². The van der Waals surface area contributed by atoms with Gasteiger partial charge in [-0.25, -0.2) is 0 Å². The van der Waals surface area contributed by atoms with Gasteiger partial charge in [0.2, 0.25) is 0 Å². The molecule has 19 heavy (non-hydrogen) atoms. The molecule has 0 spiro atoms. The Morgan fingerprint density at radius 3 is 1.05 bits per heavy atom. The van der Waals surface area contributed by atoms with Crippen LogP contribution >= 0.6 is 0 Å². The summed E-state index contributed by atoms with van der Waals surface area (Å²) in [6, 6.07) is 0. The van der Waals surface area contributed by atoms with E-state index in [0.29, 0.717) is 0 Å². The van der Waals surface area contributed by atoms with Crippen molar-refractivity contribution in [3.8, 4) is 0 Å². The number of aliphatic hydroxyl groups is 3. The number of hydrogen-bond donors (Lipinski definition) is 4. The molecule has 0 aliphatic rings. The molecule has 0 fully saturated rings. The van der Waals surface area contributed by atoms with Gasteiger partial charge in [0.05, 0.1) is 0 Å². The van der Waals surface area contributed by atoms with Gasteiger partial charge in [-0.1, -0.05) is 0 Å². The van der Waals surface area contributed by atoms with Crippen LogP contribution in [0, 0.1) is 0 Å². The van der Waals surface area contributed by atoms with Crippen LogP contribution in [0.3, 0.4) is 0 Å². The molecule has 0 saturated heterocycles. The van der Waals surface area contributed by atoms with E-state index in [0.717, 1.165) is 4.44 Å². The van der Waals surface area contributed by atoms with Crippen LogP contribution in [0.5, 0.6) is 0 Å². The molecule has 0 aliphatic heterocycles. The van der Waals surface area contributed by atoms with Gasteiger partial charge in [-0.15, -0.1) is 0 Å². The smallest absolute Gasteiger partial charge is 0 e. The van der Waals surface area contributed by atoms with E-state index >= 15 is 0 Å². The second-order valence-electron chi connectivity index (χ2n) is 4.54. The monoisotopic (exact) mass is 422 g/mol. The van der Waals surface area contributed by atoms with Crippen LogP contribution in [0.2, 0.25) is 4.44 Å². The first-order chi connectivity index (χ1) is 8.11. The predicted octanol–water partition coefficient (Wildman–Crippen LogP) is 1.98. The van der Waals surface area contributed by atoms with Crippen molar-refractivity contribution >= 4 is 21.6 Å². The Labute approximate surface area is 145 Å². The third-order valence-electron chi connectivity index (χ3n) is 0.642. The Hall–Kier alpha value is 1.35. The Morgan fingerprint density at radius 2 is 1.00 bits per heavy atom. The van der Waals surface area contributed by atoms with E-state index in [9.17, 15) is 0 Å². The summed E-state index contributed by atoms with van der Waals surface area (Å²) in [7, 11) is 0. The molecule has 0 aromatic rings. The molecular formula is C13H34O4SnTi. The average molecular weight is 421 g/mol. The molecule has 4 N–H and O–H groups in total. The first-order valence-corrected chi connectivity index (χ1v) is 9.82. The van der Waals surface area contributed by atoms with Gasteiger partial charge in [0.25, 0.3) is 0 Å². The van der Waals surface area contributed by atoms with Gasteiger partial charge < -0.3 is 15.3 Å². The van der Waals surface area contributed by atoms with Gasteiger partial charge in [-0.05, 0) is 41.5 Å². The summed E-state index contributed by atoms with van der Waals surface area (Å²) in [4.78, 5) is 0. The Morgan fingerprint density at radius 1 is 0.789 bits per heavy atom. The minimum absolute atomic E-state index is 0. The molecule has 0 atom stereocenters. The zero-order chi connectivity index (χ0) is 15.6. The molecule has 0 saturated carbocycles. The predicted molar refractivity (Wildman–Crippen MR) is 79.8 cm³/mol. The van der Waals surface area contributed by atoms with Gasteiger partial charge in [0, 0.05) is 40.0 Å². The quantitative estimate of drug-likeness (QED) is 0.415. The Balaban J connectivity index is -0.0000000459. The minimum atomic E-state index is -0.810. The maximum absolute atomic E-state index is 8.37. The molecule has 118 valence electrons. The maximum atomic E-state index is 8.37. The molecule has 0 aromatic heterocycles. The van der Waals surface area contributed by atoms with Gasteiger partial charge in [0.1, 0.15) is 0 Å². The van der Waals surface area contributed by atoms with Crippen LogP contribution in [0.15, 0.2) is 0 Å². The molecule has 0 aromatic carbocycles. The summed E-state index contributed by atoms with van der Waals surface area (Å²) in [5.41, 5.74) is 0. The van der Waals surface area contributed by atoms with E-state index < -0.39 is 21.6 Å². The summed E-state index contributed by atoms with van der Waals surface area (Å²) in [6.07, 6.45) is 1.98. The maximum Gasteiger partial charge on any atom is 0 e. The fourth-order valence-corrected chi connectivity index (χ4v) is 1.72. The molecule has 0 heterocycles. The normalized spacial score (nSPS) is 8.53. The second kappa shape index (κ2) is 31.6. The number of rotatable bonds is 3. The van der Waals surface area contributed by atoms with Crippen molar-refractivity contribution in [1.82, 2.24) is 0 Å². The zero-order valence-electron chi connectivity index (χ0n) is 13.6. The van der Waals surface area contributed by atoms with Crippen LogP contribution in [0.25, 0.3) is 0 Å². The van der Waals surface area contributed by atoms with E-state index in [4.69, 9.17) is 18.8 Å². The van der Waals surface area contributed by atoms with Crippen molar-refractivity contribution in [2.75, 3.05) is 0 Å². The third-order valence-corrected chi connectivity index (χ3v) is 2.29.